The number of nitrogens with two attached hydrogens (primary N) is 1. The van der Waals surface area contributed by atoms with Crippen LogP contribution in [0.2, 0.25) is 0 Å². The van der Waals surface area contributed by atoms with Crippen LogP contribution in [0.1, 0.15) is 17.0 Å². The van der Waals surface area contributed by atoms with Crippen LogP contribution in [0.4, 0.5) is 0 Å². The molecule has 0 aliphatic rings. The monoisotopic (exact) mass is 264 g/mol. The first-order valence-electron chi connectivity index (χ1n) is 5.60. The minimum Gasteiger partial charge on any atom is -0.496 e. The Kier molecular flexibility index (Phi) is 4.22. The van der Waals surface area contributed by atoms with Crippen molar-refractivity contribution in [2.75, 3.05) is 7.11 Å². The number of thioether (sulfide) groups is 1. The Bertz CT molecular complexity index is 527. The highest BCUT2D eigenvalue weighted by atomic mass is 32.2. The van der Waals surface area contributed by atoms with Gasteiger partial charge in [0.05, 0.1) is 7.11 Å². The molecule has 0 saturated carbocycles. The highest BCUT2D eigenvalue weighted by Gasteiger charge is 2.07. The lowest BCUT2D eigenvalue weighted by Gasteiger charge is -2.09. The molecule has 0 spiro atoms. The second-order valence-electron chi connectivity index (χ2n) is 3.84. The van der Waals surface area contributed by atoms with Crippen molar-refractivity contribution in [3.8, 4) is 5.75 Å². The van der Waals surface area contributed by atoms with E-state index in [0.717, 1.165) is 33.6 Å². The van der Waals surface area contributed by atoms with Crippen molar-refractivity contribution in [1.29, 1.82) is 0 Å². The van der Waals surface area contributed by atoms with E-state index in [9.17, 15) is 0 Å². The van der Waals surface area contributed by atoms with Crippen LogP contribution >= 0.6 is 11.8 Å². The van der Waals surface area contributed by atoms with E-state index in [1.165, 1.54) is 0 Å². The highest BCUT2D eigenvalue weighted by Crippen LogP contribution is 2.27. The Labute approximate surface area is 110 Å². The lowest BCUT2D eigenvalue weighted by atomic mass is 10.1. The number of H-pyrrole nitrogens is 1. The molecule has 5 nitrogen and oxygen atoms in total. The normalized spacial score (nSPS) is 10.6. The smallest absolute Gasteiger partial charge is 0.208 e. The number of nitrogens with one attached hydrogen (secondary N) is 1. The van der Waals surface area contributed by atoms with Gasteiger partial charge in [-0.3, -0.25) is 5.10 Å². The fourth-order valence-electron chi connectivity index (χ4n) is 1.60. The second-order valence-corrected chi connectivity index (χ2v) is 4.78. The molecule has 18 heavy (non-hydrogen) atoms. The van der Waals surface area contributed by atoms with Gasteiger partial charge in [-0.2, -0.15) is 0 Å². The van der Waals surface area contributed by atoms with Crippen molar-refractivity contribution >= 4 is 11.8 Å². The fraction of sp³-hybridized carbons (Fsp3) is 0.333. The van der Waals surface area contributed by atoms with Gasteiger partial charge in [0.1, 0.15) is 11.6 Å². The molecule has 1 aromatic heterocycles. The van der Waals surface area contributed by atoms with E-state index in [1.807, 2.05) is 19.1 Å². The summed E-state index contributed by atoms with van der Waals surface area (Å²) in [6.45, 7) is 2.41. The molecule has 0 aliphatic heterocycles. The predicted octanol–water partition coefficient (Wildman–Crippen LogP) is 1.87. The standard InChI is InChI=1S/C12H16N4OS/c1-8-14-12(16-15-8)18-7-10-5-9(6-13)3-4-11(10)17-2/h3-5H,6-7,13H2,1-2H3,(H,14,15,16). The molecule has 0 atom stereocenters. The van der Waals surface area contributed by atoms with Crippen LogP contribution in [-0.4, -0.2) is 22.3 Å². The molecule has 2 rings (SSSR count). The first kappa shape index (κ1) is 12.9. The lowest BCUT2D eigenvalue weighted by Crippen LogP contribution is -1.98. The maximum absolute atomic E-state index is 5.64. The number of rotatable bonds is 5. The molecule has 0 unspecified atom stereocenters. The zero-order chi connectivity index (χ0) is 13.0. The number of nitrogens with zero attached hydrogens (tertiary/aromatic N) is 2. The minimum absolute atomic E-state index is 0.529. The van der Waals surface area contributed by atoms with Crippen molar-refractivity contribution < 1.29 is 4.74 Å². The molecule has 6 heteroatoms. The third-order valence-electron chi connectivity index (χ3n) is 2.51. The van der Waals surface area contributed by atoms with E-state index >= 15 is 0 Å². The van der Waals surface area contributed by atoms with E-state index in [2.05, 4.69) is 21.2 Å². The molecule has 0 radical (unpaired) electrons. The Morgan fingerprint density at radius 1 is 1.44 bits per heavy atom. The molecular formula is C12H16N4OS. The summed E-state index contributed by atoms with van der Waals surface area (Å²) < 4.78 is 5.34. The molecule has 0 fully saturated rings. The third-order valence-corrected chi connectivity index (χ3v) is 3.41. The van der Waals surface area contributed by atoms with Crippen LogP contribution in [0.5, 0.6) is 5.75 Å². The van der Waals surface area contributed by atoms with Gasteiger partial charge < -0.3 is 10.5 Å². The van der Waals surface area contributed by atoms with Crippen molar-refractivity contribution in [3.05, 3.63) is 35.2 Å². The Morgan fingerprint density at radius 3 is 2.89 bits per heavy atom. The van der Waals surface area contributed by atoms with E-state index in [-0.39, 0.29) is 0 Å². The number of hydrogen-bond donors (Lipinski definition) is 2. The molecule has 2 aromatic rings. The number of hydrogen-bond acceptors (Lipinski definition) is 5. The predicted molar refractivity (Wildman–Crippen MR) is 71.6 cm³/mol. The van der Waals surface area contributed by atoms with Gasteiger partial charge in [0.25, 0.3) is 0 Å². The summed E-state index contributed by atoms with van der Waals surface area (Å²) in [7, 11) is 1.67. The summed E-state index contributed by atoms with van der Waals surface area (Å²) in [5, 5.41) is 7.66. The fourth-order valence-corrected chi connectivity index (χ4v) is 2.42. The van der Waals surface area contributed by atoms with Crippen molar-refractivity contribution in [3.63, 3.8) is 0 Å². The molecule has 0 aliphatic carbocycles. The number of aromatic amines is 1. The van der Waals surface area contributed by atoms with E-state index in [4.69, 9.17) is 10.5 Å². The van der Waals surface area contributed by atoms with E-state index < -0.39 is 0 Å². The van der Waals surface area contributed by atoms with Crippen LogP contribution in [0.3, 0.4) is 0 Å². The average Bonchev–Trinajstić information content (AvgIpc) is 2.81. The van der Waals surface area contributed by atoms with Gasteiger partial charge >= 0.3 is 0 Å². The first-order valence-corrected chi connectivity index (χ1v) is 6.59. The molecule has 0 saturated heterocycles. The zero-order valence-electron chi connectivity index (χ0n) is 10.4. The van der Waals surface area contributed by atoms with Gasteiger partial charge in [0, 0.05) is 17.9 Å². The van der Waals surface area contributed by atoms with E-state index in [0.29, 0.717) is 6.54 Å². The van der Waals surface area contributed by atoms with Crippen LogP contribution < -0.4 is 10.5 Å². The maximum Gasteiger partial charge on any atom is 0.208 e. The first-order chi connectivity index (χ1) is 8.72. The Hall–Kier alpha value is -1.53. The van der Waals surface area contributed by atoms with Crippen LogP contribution in [0, 0.1) is 6.92 Å². The molecule has 3 N–H and O–H groups in total. The summed E-state index contributed by atoms with van der Waals surface area (Å²) in [6, 6.07) is 5.98. The van der Waals surface area contributed by atoms with Gasteiger partial charge in [-0.25, -0.2) is 4.98 Å². The largest absolute Gasteiger partial charge is 0.496 e. The van der Waals surface area contributed by atoms with Crippen LogP contribution in [0.15, 0.2) is 23.4 Å². The van der Waals surface area contributed by atoms with Crippen molar-refractivity contribution in [2.45, 2.75) is 24.4 Å². The molecular weight excluding hydrogens is 248 g/mol. The molecule has 96 valence electrons. The second kappa shape index (κ2) is 5.88. The van der Waals surface area contributed by atoms with Gasteiger partial charge in [-0.05, 0) is 24.6 Å². The Morgan fingerprint density at radius 2 is 2.28 bits per heavy atom. The summed E-state index contributed by atoms with van der Waals surface area (Å²) in [5.41, 5.74) is 7.84. The van der Waals surface area contributed by atoms with Crippen molar-refractivity contribution in [2.24, 2.45) is 5.73 Å². The molecule has 0 amide bonds. The lowest BCUT2D eigenvalue weighted by molar-refractivity contribution is 0.411. The van der Waals surface area contributed by atoms with Gasteiger partial charge in [0.2, 0.25) is 5.16 Å². The summed E-state index contributed by atoms with van der Waals surface area (Å²) in [5.74, 6) is 2.45. The zero-order valence-corrected chi connectivity index (χ0v) is 11.3. The van der Waals surface area contributed by atoms with Crippen molar-refractivity contribution in [1.82, 2.24) is 15.2 Å². The van der Waals surface area contributed by atoms with Gasteiger partial charge in [-0.15, -0.1) is 5.10 Å². The summed E-state index contributed by atoms with van der Waals surface area (Å²) >= 11 is 1.57. The Balaban J connectivity index is 2.11. The summed E-state index contributed by atoms with van der Waals surface area (Å²) in [4.78, 5) is 4.25. The topological polar surface area (TPSA) is 76.8 Å². The molecule has 0 bridgehead atoms. The molecule has 1 aromatic carbocycles. The number of methoxy groups -OCH3 is 1. The molecule has 1 heterocycles. The minimum atomic E-state index is 0.529. The number of benzene rings is 1. The third kappa shape index (κ3) is 3.02. The quantitative estimate of drug-likeness (QED) is 0.806. The summed E-state index contributed by atoms with van der Waals surface area (Å²) in [6.07, 6.45) is 0. The van der Waals surface area contributed by atoms with Gasteiger partial charge in [-0.1, -0.05) is 17.8 Å². The maximum atomic E-state index is 5.64. The van der Waals surface area contributed by atoms with Crippen LogP contribution in [0.25, 0.3) is 0 Å². The highest BCUT2D eigenvalue weighted by molar-refractivity contribution is 7.98. The van der Waals surface area contributed by atoms with Crippen LogP contribution in [-0.2, 0) is 12.3 Å². The number of ether oxygens (including phenoxy) is 1. The van der Waals surface area contributed by atoms with Gasteiger partial charge in [0.15, 0.2) is 0 Å². The van der Waals surface area contributed by atoms with E-state index in [1.54, 1.807) is 18.9 Å². The number of aryl methyl sites for hydroxylation is 1. The SMILES string of the molecule is COc1ccc(CN)cc1CSc1n[nH]c(C)n1. The average molecular weight is 264 g/mol. The number of aromatic nitrogens is 3.